The molecule has 0 spiro atoms. The number of nitro benzene ring substituents is 1. The molecule has 33 heavy (non-hydrogen) atoms. The summed E-state index contributed by atoms with van der Waals surface area (Å²) in [5.41, 5.74) is 4.57. The molecule has 3 heterocycles. The number of H-pyrrole nitrogens is 1. The maximum Gasteiger partial charge on any atom is 0.270 e. The first-order valence-corrected chi connectivity index (χ1v) is 10.7. The van der Waals surface area contributed by atoms with Crippen LogP contribution in [0.3, 0.4) is 0 Å². The quantitative estimate of drug-likeness (QED) is 0.373. The van der Waals surface area contributed by atoms with Crippen LogP contribution >= 0.6 is 0 Å². The van der Waals surface area contributed by atoms with Gasteiger partial charge in [-0.15, -0.1) is 0 Å². The largest absolute Gasteiger partial charge is 0.306 e. The monoisotopic (exact) mass is 439 g/mol. The zero-order chi connectivity index (χ0) is 22.8. The Labute approximate surface area is 189 Å². The van der Waals surface area contributed by atoms with Crippen LogP contribution < -0.4 is 5.56 Å². The molecule has 4 aromatic rings. The number of hydrogen-bond acceptors (Lipinski definition) is 6. The molecule has 8 heteroatoms. The van der Waals surface area contributed by atoms with Crippen LogP contribution in [0, 0.1) is 10.1 Å². The number of benzene rings is 2. The number of rotatable bonds is 5. The predicted octanol–water partition coefficient (Wildman–Crippen LogP) is 3.97. The van der Waals surface area contributed by atoms with Crippen molar-refractivity contribution >= 4 is 5.69 Å². The molecule has 0 unspecified atom stereocenters. The lowest BCUT2D eigenvalue weighted by molar-refractivity contribution is -0.384. The molecule has 1 aliphatic rings. The second-order valence-electron chi connectivity index (χ2n) is 7.99. The lowest BCUT2D eigenvalue weighted by atomic mass is 10.1. The van der Waals surface area contributed by atoms with Crippen LogP contribution in [0.2, 0.25) is 0 Å². The Morgan fingerprint density at radius 1 is 0.970 bits per heavy atom. The standard InChI is InChI=1S/C25H21N5O3/c31-25-21-16-29(13-12-23(21)27-24(28-25)17-6-2-1-3-7-17)15-19-9-5-11-22(26-19)18-8-4-10-20(14-18)30(32)33/h1-11,14H,12-13,15-16H2,(H,27,28,31). The Morgan fingerprint density at radius 3 is 2.58 bits per heavy atom. The van der Waals surface area contributed by atoms with Crippen LogP contribution in [-0.2, 0) is 19.5 Å². The lowest BCUT2D eigenvalue weighted by Gasteiger charge is -2.27. The maximum atomic E-state index is 12.8. The molecular formula is C25H21N5O3. The molecule has 164 valence electrons. The third kappa shape index (κ3) is 4.42. The van der Waals surface area contributed by atoms with Gasteiger partial charge in [-0.05, 0) is 12.1 Å². The summed E-state index contributed by atoms with van der Waals surface area (Å²) in [6.07, 6.45) is 0.684. The van der Waals surface area contributed by atoms with Crippen LogP contribution in [0.1, 0.15) is 17.0 Å². The molecule has 1 aliphatic heterocycles. The minimum absolute atomic E-state index is 0.0361. The van der Waals surface area contributed by atoms with Gasteiger partial charge in [0.2, 0.25) is 0 Å². The number of nitro groups is 1. The molecule has 8 nitrogen and oxygen atoms in total. The zero-order valence-corrected chi connectivity index (χ0v) is 17.8. The third-order valence-corrected chi connectivity index (χ3v) is 5.74. The van der Waals surface area contributed by atoms with Crippen LogP contribution in [-0.4, -0.2) is 31.3 Å². The normalized spacial score (nSPS) is 13.5. The number of fused-ring (bicyclic) bond motifs is 1. The summed E-state index contributed by atoms with van der Waals surface area (Å²) in [6.45, 7) is 1.83. The van der Waals surface area contributed by atoms with Crippen LogP contribution in [0.25, 0.3) is 22.6 Å². The highest BCUT2D eigenvalue weighted by Crippen LogP contribution is 2.24. The average molecular weight is 439 g/mol. The molecule has 0 bridgehead atoms. The number of aromatic nitrogens is 3. The fourth-order valence-corrected chi connectivity index (χ4v) is 4.08. The number of non-ortho nitro benzene ring substituents is 1. The molecule has 1 N–H and O–H groups in total. The summed E-state index contributed by atoms with van der Waals surface area (Å²) in [4.78, 5) is 38.0. The molecule has 2 aromatic heterocycles. The van der Waals surface area contributed by atoms with E-state index in [-0.39, 0.29) is 11.2 Å². The molecule has 0 amide bonds. The number of nitrogens with one attached hydrogen (secondary N) is 1. The second kappa shape index (κ2) is 8.76. The third-order valence-electron chi connectivity index (χ3n) is 5.74. The molecule has 0 aliphatic carbocycles. The fourth-order valence-electron chi connectivity index (χ4n) is 4.08. The number of pyridine rings is 1. The maximum absolute atomic E-state index is 12.8. The molecule has 0 saturated heterocycles. The minimum atomic E-state index is -0.409. The molecule has 0 atom stereocenters. The van der Waals surface area contributed by atoms with Crippen molar-refractivity contribution in [2.75, 3.05) is 6.54 Å². The van der Waals surface area contributed by atoms with E-state index in [1.165, 1.54) is 12.1 Å². The van der Waals surface area contributed by atoms with Gasteiger partial charge in [0.25, 0.3) is 11.2 Å². The Hall–Kier alpha value is -4.17. The van der Waals surface area contributed by atoms with Gasteiger partial charge in [-0.3, -0.25) is 24.8 Å². The SMILES string of the molecule is O=c1[nH]c(-c2ccccc2)nc2c1CN(Cc1cccc(-c3cccc([N+](=O)[O-])c3)n1)CC2. The highest BCUT2D eigenvalue weighted by atomic mass is 16.6. The number of aromatic amines is 1. The summed E-state index contributed by atoms with van der Waals surface area (Å²) in [6, 6.07) is 21.8. The van der Waals surface area contributed by atoms with E-state index in [2.05, 4.69) is 9.88 Å². The van der Waals surface area contributed by atoms with E-state index in [1.807, 2.05) is 54.6 Å². The van der Waals surface area contributed by atoms with Crippen molar-refractivity contribution in [2.24, 2.45) is 0 Å². The van der Waals surface area contributed by atoms with Gasteiger partial charge in [0.1, 0.15) is 5.82 Å². The summed E-state index contributed by atoms with van der Waals surface area (Å²) >= 11 is 0. The van der Waals surface area contributed by atoms with Crippen LogP contribution in [0.15, 0.2) is 77.6 Å². The van der Waals surface area contributed by atoms with Gasteiger partial charge in [0, 0.05) is 49.3 Å². The summed E-state index contributed by atoms with van der Waals surface area (Å²) < 4.78 is 0. The van der Waals surface area contributed by atoms with Gasteiger partial charge in [-0.1, -0.05) is 48.5 Å². The summed E-state index contributed by atoms with van der Waals surface area (Å²) in [7, 11) is 0. The smallest absolute Gasteiger partial charge is 0.270 e. The zero-order valence-electron chi connectivity index (χ0n) is 17.8. The van der Waals surface area contributed by atoms with Gasteiger partial charge in [-0.2, -0.15) is 0 Å². The van der Waals surface area contributed by atoms with E-state index < -0.39 is 4.92 Å². The minimum Gasteiger partial charge on any atom is -0.306 e. The van der Waals surface area contributed by atoms with Crippen molar-refractivity contribution in [3.63, 3.8) is 0 Å². The summed E-state index contributed by atoms with van der Waals surface area (Å²) in [5, 5.41) is 11.1. The second-order valence-corrected chi connectivity index (χ2v) is 7.99. The number of nitrogens with zero attached hydrogens (tertiary/aromatic N) is 4. The number of hydrogen-bond donors (Lipinski definition) is 1. The van der Waals surface area contributed by atoms with E-state index in [1.54, 1.807) is 6.07 Å². The van der Waals surface area contributed by atoms with Gasteiger partial charge >= 0.3 is 0 Å². The van der Waals surface area contributed by atoms with Crippen molar-refractivity contribution in [1.29, 1.82) is 0 Å². The Balaban J connectivity index is 1.35. The van der Waals surface area contributed by atoms with E-state index in [4.69, 9.17) is 9.97 Å². The average Bonchev–Trinajstić information content (AvgIpc) is 2.85. The highest BCUT2D eigenvalue weighted by Gasteiger charge is 2.22. The first-order chi connectivity index (χ1) is 16.1. The molecule has 5 rings (SSSR count). The summed E-state index contributed by atoms with van der Waals surface area (Å²) in [5.74, 6) is 0.596. The van der Waals surface area contributed by atoms with Crippen molar-refractivity contribution in [3.8, 4) is 22.6 Å². The molecule has 2 aromatic carbocycles. The topological polar surface area (TPSA) is 105 Å². The fraction of sp³-hybridized carbons (Fsp3) is 0.160. The van der Waals surface area contributed by atoms with Gasteiger partial charge in [0.15, 0.2) is 0 Å². The van der Waals surface area contributed by atoms with Crippen molar-refractivity contribution < 1.29 is 4.92 Å². The first kappa shape index (κ1) is 20.7. The molecule has 0 saturated carbocycles. The van der Waals surface area contributed by atoms with Gasteiger partial charge in [0.05, 0.1) is 27.6 Å². The molecule has 0 radical (unpaired) electrons. The van der Waals surface area contributed by atoms with Gasteiger partial charge < -0.3 is 4.98 Å². The lowest BCUT2D eigenvalue weighted by Crippen LogP contribution is -2.35. The van der Waals surface area contributed by atoms with Crippen molar-refractivity contribution in [3.05, 3.63) is 110 Å². The van der Waals surface area contributed by atoms with E-state index >= 15 is 0 Å². The van der Waals surface area contributed by atoms with E-state index in [0.29, 0.717) is 42.2 Å². The Kier molecular flexibility index (Phi) is 5.50. The molecular weight excluding hydrogens is 418 g/mol. The molecule has 0 fully saturated rings. The predicted molar refractivity (Wildman–Crippen MR) is 124 cm³/mol. The van der Waals surface area contributed by atoms with E-state index in [9.17, 15) is 14.9 Å². The van der Waals surface area contributed by atoms with Crippen molar-refractivity contribution in [2.45, 2.75) is 19.5 Å². The first-order valence-electron chi connectivity index (χ1n) is 10.7. The van der Waals surface area contributed by atoms with Crippen LogP contribution in [0.5, 0.6) is 0 Å². The Morgan fingerprint density at radius 2 is 1.76 bits per heavy atom. The van der Waals surface area contributed by atoms with Crippen LogP contribution in [0.4, 0.5) is 5.69 Å². The Bertz CT molecular complexity index is 1380. The highest BCUT2D eigenvalue weighted by molar-refractivity contribution is 5.62. The van der Waals surface area contributed by atoms with Crippen molar-refractivity contribution in [1.82, 2.24) is 19.9 Å². The van der Waals surface area contributed by atoms with Gasteiger partial charge in [-0.25, -0.2) is 4.98 Å². The van der Waals surface area contributed by atoms with E-state index in [0.717, 1.165) is 23.5 Å².